The highest BCUT2D eigenvalue weighted by molar-refractivity contribution is 5.14. The first kappa shape index (κ1) is 20.5. The molecule has 2 fully saturated rings. The summed E-state index contributed by atoms with van der Waals surface area (Å²) < 4.78 is 13.0. The Kier molecular flexibility index (Phi) is 7.33. The zero-order valence-electron chi connectivity index (χ0n) is 17.4. The van der Waals surface area contributed by atoms with Gasteiger partial charge in [-0.15, -0.1) is 0 Å². The van der Waals surface area contributed by atoms with Gasteiger partial charge in [0.2, 0.25) is 0 Å². The van der Waals surface area contributed by atoms with Crippen molar-refractivity contribution < 1.29 is 9.47 Å². The van der Waals surface area contributed by atoms with Gasteiger partial charge in [0.05, 0.1) is 19.8 Å². The second-order valence-corrected chi connectivity index (χ2v) is 8.46. The Morgan fingerprint density at radius 2 is 1.66 bits per heavy atom. The first-order valence-electron chi connectivity index (χ1n) is 11.1. The summed E-state index contributed by atoms with van der Waals surface area (Å²) in [5.74, 6) is 0.710. The normalized spacial score (nSPS) is 25.3. The average molecular weight is 395 g/mol. The van der Waals surface area contributed by atoms with Gasteiger partial charge in [0.1, 0.15) is 5.72 Å². The van der Waals surface area contributed by atoms with Crippen LogP contribution in [0.2, 0.25) is 0 Å². The van der Waals surface area contributed by atoms with Gasteiger partial charge in [-0.1, -0.05) is 60.7 Å². The maximum absolute atomic E-state index is 6.70. The van der Waals surface area contributed by atoms with Gasteiger partial charge < -0.3 is 14.8 Å². The summed E-state index contributed by atoms with van der Waals surface area (Å²) in [4.78, 5) is 2.59. The van der Waals surface area contributed by atoms with E-state index in [2.05, 4.69) is 64.8 Å². The molecular weight excluding hydrogens is 360 g/mol. The molecule has 0 bridgehead atoms. The lowest BCUT2D eigenvalue weighted by Gasteiger charge is -2.47. The topological polar surface area (TPSA) is 33.7 Å². The van der Waals surface area contributed by atoms with E-state index in [1.807, 2.05) is 6.07 Å². The number of nitrogens with one attached hydrogen (secondary N) is 1. The number of piperidine rings is 1. The fraction of sp³-hybridized carbons (Fsp3) is 0.520. The Labute approximate surface area is 175 Å². The highest BCUT2D eigenvalue weighted by Gasteiger charge is 2.41. The summed E-state index contributed by atoms with van der Waals surface area (Å²) in [6, 6.07) is 21.0. The van der Waals surface area contributed by atoms with Gasteiger partial charge in [-0.2, -0.15) is 0 Å². The second-order valence-electron chi connectivity index (χ2n) is 8.46. The molecule has 0 saturated carbocycles. The second kappa shape index (κ2) is 10.4. The van der Waals surface area contributed by atoms with Gasteiger partial charge >= 0.3 is 0 Å². The Morgan fingerprint density at radius 3 is 2.34 bits per heavy atom. The number of rotatable bonds is 9. The van der Waals surface area contributed by atoms with Crippen molar-refractivity contribution in [1.82, 2.24) is 10.2 Å². The van der Waals surface area contributed by atoms with Crippen LogP contribution in [0.5, 0.6) is 0 Å². The van der Waals surface area contributed by atoms with Crippen molar-refractivity contribution >= 4 is 0 Å². The lowest BCUT2D eigenvalue weighted by Crippen LogP contribution is -2.58. The lowest BCUT2D eigenvalue weighted by atomic mass is 9.96. The molecule has 0 radical (unpaired) electrons. The highest BCUT2D eigenvalue weighted by Crippen LogP contribution is 2.33. The Morgan fingerprint density at radius 1 is 0.931 bits per heavy atom. The van der Waals surface area contributed by atoms with E-state index >= 15 is 0 Å². The predicted octanol–water partition coefficient (Wildman–Crippen LogP) is 4.21. The van der Waals surface area contributed by atoms with Gasteiger partial charge in [0.15, 0.2) is 0 Å². The van der Waals surface area contributed by atoms with E-state index in [1.54, 1.807) is 0 Å². The Hall–Kier alpha value is -1.72. The van der Waals surface area contributed by atoms with Crippen LogP contribution < -0.4 is 5.32 Å². The summed E-state index contributed by atoms with van der Waals surface area (Å²) in [5.41, 5.74) is 2.11. The average Bonchev–Trinajstić information content (AvgIpc) is 3.29. The number of hydrogen-bond donors (Lipinski definition) is 1. The van der Waals surface area contributed by atoms with Crippen LogP contribution in [0.25, 0.3) is 0 Å². The van der Waals surface area contributed by atoms with Crippen LogP contribution >= 0.6 is 0 Å². The minimum Gasteiger partial charge on any atom is -0.372 e. The molecule has 0 aromatic heterocycles. The molecule has 2 saturated heterocycles. The van der Waals surface area contributed by atoms with Crippen molar-refractivity contribution in [2.75, 3.05) is 32.8 Å². The van der Waals surface area contributed by atoms with Gasteiger partial charge in [0, 0.05) is 13.1 Å². The molecule has 156 valence electrons. The maximum Gasteiger partial charge on any atom is 0.145 e. The summed E-state index contributed by atoms with van der Waals surface area (Å²) in [6.45, 7) is 6.34. The molecule has 0 amide bonds. The van der Waals surface area contributed by atoms with E-state index in [1.165, 1.54) is 30.4 Å². The molecule has 2 atom stereocenters. The molecule has 2 unspecified atom stereocenters. The first-order valence-corrected chi connectivity index (χ1v) is 11.1. The minimum absolute atomic E-state index is 0.328. The minimum atomic E-state index is -0.328. The van der Waals surface area contributed by atoms with Gasteiger partial charge in [-0.3, -0.25) is 4.90 Å². The van der Waals surface area contributed by atoms with Crippen molar-refractivity contribution in [3.8, 4) is 0 Å². The quantitative estimate of drug-likeness (QED) is 0.691. The molecule has 4 heteroatoms. The molecule has 29 heavy (non-hydrogen) atoms. The zero-order valence-corrected chi connectivity index (χ0v) is 17.4. The van der Waals surface area contributed by atoms with E-state index in [-0.39, 0.29) is 5.72 Å². The van der Waals surface area contributed by atoms with Gasteiger partial charge in [-0.25, -0.2) is 0 Å². The maximum atomic E-state index is 6.70. The molecule has 2 aliphatic heterocycles. The molecule has 0 aliphatic carbocycles. The Balaban J connectivity index is 1.45. The summed E-state index contributed by atoms with van der Waals surface area (Å²) in [7, 11) is 0. The number of ether oxygens (including phenoxy) is 2. The van der Waals surface area contributed by atoms with Crippen molar-refractivity contribution in [2.45, 2.75) is 44.6 Å². The molecular formula is C25H34N2O2. The lowest BCUT2D eigenvalue weighted by molar-refractivity contribution is -0.217. The molecule has 1 N–H and O–H groups in total. The fourth-order valence-corrected chi connectivity index (χ4v) is 4.57. The van der Waals surface area contributed by atoms with Crippen molar-refractivity contribution in [3.05, 3.63) is 71.8 Å². The van der Waals surface area contributed by atoms with Crippen LogP contribution in [0, 0.1) is 5.92 Å². The van der Waals surface area contributed by atoms with Crippen LogP contribution in [-0.2, 0) is 22.7 Å². The third-order valence-corrected chi connectivity index (χ3v) is 6.25. The SMILES string of the molecule is c1ccc(COCC2(OCc3ccccc3)CCCCN2CC2CCNC2)cc1. The van der Waals surface area contributed by atoms with Gasteiger partial charge in [0.25, 0.3) is 0 Å². The van der Waals surface area contributed by atoms with E-state index < -0.39 is 0 Å². The number of benzene rings is 2. The standard InChI is InChI=1S/C25H34N2O2/c1-3-9-22(10-4-1)19-28-21-25(29-20-23-11-5-2-6-12-23)14-7-8-16-27(25)18-24-13-15-26-17-24/h1-6,9-12,24,26H,7-8,13-21H2. The third kappa shape index (κ3) is 5.67. The van der Waals surface area contributed by atoms with Crippen LogP contribution in [0.4, 0.5) is 0 Å². The van der Waals surface area contributed by atoms with Crippen LogP contribution in [-0.4, -0.2) is 43.4 Å². The van der Waals surface area contributed by atoms with Crippen LogP contribution in [0.3, 0.4) is 0 Å². The smallest absolute Gasteiger partial charge is 0.145 e. The zero-order chi connectivity index (χ0) is 19.8. The first-order chi connectivity index (χ1) is 14.3. The van der Waals surface area contributed by atoms with Crippen molar-refractivity contribution in [2.24, 2.45) is 5.92 Å². The summed E-state index contributed by atoms with van der Waals surface area (Å²) >= 11 is 0. The summed E-state index contributed by atoms with van der Waals surface area (Å²) in [6.07, 6.45) is 4.74. The molecule has 2 aliphatic rings. The molecule has 2 aromatic rings. The van der Waals surface area contributed by atoms with Crippen molar-refractivity contribution in [1.29, 1.82) is 0 Å². The van der Waals surface area contributed by atoms with Gasteiger partial charge in [-0.05, 0) is 55.8 Å². The van der Waals surface area contributed by atoms with Crippen molar-refractivity contribution in [3.63, 3.8) is 0 Å². The predicted molar refractivity (Wildman–Crippen MR) is 116 cm³/mol. The third-order valence-electron chi connectivity index (χ3n) is 6.25. The summed E-state index contributed by atoms with van der Waals surface area (Å²) in [5, 5.41) is 3.51. The van der Waals surface area contributed by atoms with E-state index in [0.717, 1.165) is 32.6 Å². The molecule has 2 aromatic carbocycles. The largest absolute Gasteiger partial charge is 0.372 e. The molecule has 2 heterocycles. The molecule has 0 spiro atoms. The van der Waals surface area contributed by atoms with E-state index in [9.17, 15) is 0 Å². The highest BCUT2D eigenvalue weighted by atomic mass is 16.6. The fourth-order valence-electron chi connectivity index (χ4n) is 4.57. The van der Waals surface area contributed by atoms with Crippen LogP contribution in [0.15, 0.2) is 60.7 Å². The monoisotopic (exact) mass is 394 g/mol. The molecule has 4 rings (SSSR count). The van der Waals surface area contributed by atoms with E-state index in [0.29, 0.717) is 25.7 Å². The van der Waals surface area contributed by atoms with Crippen LogP contribution in [0.1, 0.15) is 36.8 Å². The number of hydrogen-bond acceptors (Lipinski definition) is 4. The molecule has 4 nitrogen and oxygen atoms in total. The number of likely N-dealkylation sites (tertiary alicyclic amines) is 1. The Bertz CT molecular complexity index is 718. The number of nitrogens with zero attached hydrogens (tertiary/aromatic N) is 1. The van der Waals surface area contributed by atoms with E-state index in [4.69, 9.17) is 9.47 Å².